The summed E-state index contributed by atoms with van der Waals surface area (Å²) in [5, 5.41) is 23.5. The molecule has 1 heterocycles. The Morgan fingerprint density at radius 1 is 1.59 bits per heavy atom. The van der Waals surface area contributed by atoms with Crippen LogP contribution in [-0.2, 0) is 6.42 Å². The van der Waals surface area contributed by atoms with Gasteiger partial charge in [-0.15, -0.1) is 0 Å². The molecule has 92 valence electrons. The lowest BCUT2D eigenvalue weighted by atomic mass is 9.94. The van der Waals surface area contributed by atoms with Gasteiger partial charge in [0.2, 0.25) is 5.75 Å². The smallest absolute Gasteiger partial charge is 0.314 e. The summed E-state index contributed by atoms with van der Waals surface area (Å²) in [4.78, 5) is 10.2. The number of hydrogen-bond acceptors (Lipinski definition) is 5. The van der Waals surface area contributed by atoms with Crippen LogP contribution < -0.4 is 10.1 Å². The third-order valence-corrected chi connectivity index (χ3v) is 2.92. The molecular formula is C11H14N2O4. The zero-order valence-corrected chi connectivity index (χ0v) is 9.47. The summed E-state index contributed by atoms with van der Waals surface area (Å²) in [6.45, 7) is 1.86. The standard InChI is InChI=1S/C11H14N2O4/c1-17-10-4-7(2-8-5-12-6-8)3-9(11(10)14)13(15)16/h3-4,8,12,14H,2,5-6H2,1H3. The predicted octanol–water partition coefficient (Wildman–Crippen LogP) is 1.07. The molecule has 6 nitrogen and oxygen atoms in total. The Bertz CT molecular complexity index is 443. The Balaban J connectivity index is 2.31. The molecule has 1 aliphatic rings. The van der Waals surface area contributed by atoms with Crippen molar-refractivity contribution in [1.82, 2.24) is 5.32 Å². The van der Waals surface area contributed by atoms with Gasteiger partial charge in [-0.05, 0) is 37.1 Å². The maximum absolute atomic E-state index is 10.8. The van der Waals surface area contributed by atoms with E-state index in [0.29, 0.717) is 5.92 Å². The summed E-state index contributed by atoms with van der Waals surface area (Å²) >= 11 is 0. The SMILES string of the molecule is COc1cc(CC2CNC2)cc([N+](=O)[O-])c1O. The van der Waals surface area contributed by atoms with Crippen molar-refractivity contribution in [2.75, 3.05) is 20.2 Å². The van der Waals surface area contributed by atoms with E-state index in [1.807, 2.05) is 0 Å². The van der Waals surface area contributed by atoms with Crippen molar-refractivity contribution in [3.05, 3.63) is 27.8 Å². The first-order chi connectivity index (χ1) is 8.11. The molecule has 6 heteroatoms. The van der Waals surface area contributed by atoms with E-state index >= 15 is 0 Å². The molecule has 1 fully saturated rings. The van der Waals surface area contributed by atoms with Gasteiger partial charge < -0.3 is 15.2 Å². The van der Waals surface area contributed by atoms with Crippen LogP contribution in [0, 0.1) is 16.0 Å². The van der Waals surface area contributed by atoms with Gasteiger partial charge in [-0.25, -0.2) is 0 Å². The Morgan fingerprint density at radius 3 is 2.76 bits per heavy atom. The highest BCUT2D eigenvalue weighted by molar-refractivity contribution is 5.57. The highest BCUT2D eigenvalue weighted by Crippen LogP contribution is 2.37. The molecule has 0 unspecified atom stereocenters. The van der Waals surface area contributed by atoms with Gasteiger partial charge in [-0.3, -0.25) is 10.1 Å². The number of phenolic OH excluding ortho intramolecular Hbond substituents is 1. The second-order valence-corrected chi connectivity index (χ2v) is 4.15. The molecule has 2 N–H and O–H groups in total. The average molecular weight is 238 g/mol. The summed E-state index contributed by atoms with van der Waals surface area (Å²) < 4.78 is 4.94. The van der Waals surface area contributed by atoms with Crippen molar-refractivity contribution in [3.63, 3.8) is 0 Å². The van der Waals surface area contributed by atoms with E-state index in [1.54, 1.807) is 6.07 Å². The van der Waals surface area contributed by atoms with Crippen molar-refractivity contribution in [3.8, 4) is 11.5 Å². The Morgan fingerprint density at radius 2 is 2.29 bits per heavy atom. The van der Waals surface area contributed by atoms with Gasteiger partial charge in [0.25, 0.3) is 0 Å². The van der Waals surface area contributed by atoms with E-state index in [9.17, 15) is 15.2 Å². The van der Waals surface area contributed by atoms with Crippen LogP contribution in [0.5, 0.6) is 11.5 Å². The number of aromatic hydroxyl groups is 1. The number of nitrogens with zero attached hydrogens (tertiary/aromatic N) is 1. The fraction of sp³-hybridized carbons (Fsp3) is 0.455. The van der Waals surface area contributed by atoms with Gasteiger partial charge in [-0.1, -0.05) is 0 Å². The van der Waals surface area contributed by atoms with Gasteiger partial charge in [0.1, 0.15) is 0 Å². The van der Waals surface area contributed by atoms with Crippen LogP contribution in [0.1, 0.15) is 5.56 Å². The molecule has 0 saturated carbocycles. The summed E-state index contributed by atoms with van der Waals surface area (Å²) in [5.74, 6) is 0.248. The summed E-state index contributed by atoms with van der Waals surface area (Å²) in [6, 6.07) is 3.07. The second kappa shape index (κ2) is 4.58. The van der Waals surface area contributed by atoms with Crippen LogP contribution in [0.4, 0.5) is 5.69 Å². The summed E-state index contributed by atoms with van der Waals surface area (Å²) in [7, 11) is 1.38. The minimum absolute atomic E-state index is 0.154. The molecular weight excluding hydrogens is 224 g/mol. The molecule has 0 atom stereocenters. The molecule has 1 aliphatic heterocycles. The van der Waals surface area contributed by atoms with Gasteiger partial charge in [-0.2, -0.15) is 0 Å². The molecule has 0 bridgehead atoms. The van der Waals surface area contributed by atoms with Crippen molar-refractivity contribution >= 4 is 5.69 Å². The molecule has 17 heavy (non-hydrogen) atoms. The third-order valence-electron chi connectivity index (χ3n) is 2.92. The van der Waals surface area contributed by atoms with Crippen LogP contribution in [0.3, 0.4) is 0 Å². The van der Waals surface area contributed by atoms with Crippen molar-refractivity contribution in [2.45, 2.75) is 6.42 Å². The zero-order valence-electron chi connectivity index (χ0n) is 9.47. The van der Waals surface area contributed by atoms with Gasteiger partial charge >= 0.3 is 5.69 Å². The highest BCUT2D eigenvalue weighted by Gasteiger charge is 2.23. The highest BCUT2D eigenvalue weighted by atomic mass is 16.6. The van der Waals surface area contributed by atoms with E-state index in [2.05, 4.69) is 5.32 Å². The number of nitrogens with one attached hydrogen (secondary N) is 1. The molecule has 0 aromatic heterocycles. The molecule has 0 spiro atoms. The van der Waals surface area contributed by atoms with Crippen LogP contribution in [0.2, 0.25) is 0 Å². The van der Waals surface area contributed by atoms with Crippen LogP contribution in [0.15, 0.2) is 12.1 Å². The topological polar surface area (TPSA) is 84.6 Å². The quantitative estimate of drug-likeness (QED) is 0.605. The van der Waals surface area contributed by atoms with E-state index in [1.165, 1.54) is 13.2 Å². The minimum atomic E-state index is -0.597. The second-order valence-electron chi connectivity index (χ2n) is 4.15. The molecule has 1 aromatic rings. The Hall–Kier alpha value is -1.82. The van der Waals surface area contributed by atoms with Crippen LogP contribution in [0.25, 0.3) is 0 Å². The van der Waals surface area contributed by atoms with E-state index < -0.39 is 10.7 Å². The number of nitro benzene ring substituents is 1. The first-order valence-electron chi connectivity index (χ1n) is 5.36. The number of phenols is 1. The number of methoxy groups -OCH3 is 1. The van der Waals surface area contributed by atoms with Gasteiger partial charge in [0.05, 0.1) is 12.0 Å². The van der Waals surface area contributed by atoms with Gasteiger partial charge in [0, 0.05) is 6.07 Å². The molecule has 1 saturated heterocycles. The number of nitro groups is 1. The minimum Gasteiger partial charge on any atom is -0.500 e. The lowest BCUT2D eigenvalue weighted by Gasteiger charge is -2.27. The Kier molecular flexibility index (Phi) is 3.14. The fourth-order valence-electron chi connectivity index (χ4n) is 1.89. The lowest BCUT2D eigenvalue weighted by molar-refractivity contribution is -0.386. The zero-order chi connectivity index (χ0) is 12.4. The lowest BCUT2D eigenvalue weighted by Crippen LogP contribution is -2.43. The molecule has 1 aromatic carbocycles. The number of ether oxygens (including phenoxy) is 1. The van der Waals surface area contributed by atoms with Crippen LogP contribution in [-0.4, -0.2) is 30.2 Å². The van der Waals surface area contributed by atoms with Crippen LogP contribution >= 0.6 is 0 Å². The number of rotatable bonds is 4. The largest absolute Gasteiger partial charge is 0.500 e. The van der Waals surface area contributed by atoms with Crippen molar-refractivity contribution in [1.29, 1.82) is 0 Å². The summed E-state index contributed by atoms with van der Waals surface area (Å²) in [5.41, 5.74) is 0.518. The Labute approximate surface area is 98.4 Å². The monoisotopic (exact) mass is 238 g/mol. The first kappa shape index (κ1) is 11.7. The molecule has 2 rings (SSSR count). The van der Waals surface area contributed by atoms with E-state index in [4.69, 9.17) is 4.74 Å². The number of benzene rings is 1. The molecule has 0 radical (unpaired) electrons. The maximum Gasteiger partial charge on any atom is 0.314 e. The molecule has 0 aliphatic carbocycles. The fourth-order valence-corrected chi connectivity index (χ4v) is 1.89. The van der Waals surface area contributed by atoms with Crippen molar-refractivity contribution in [2.24, 2.45) is 5.92 Å². The van der Waals surface area contributed by atoms with E-state index in [-0.39, 0.29) is 11.4 Å². The van der Waals surface area contributed by atoms with Gasteiger partial charge in [0.15, 0.2) is 5.75 Å². The normalized spacial score (nSPS) is 15.4. The summed E-state index contributed by atoms with van der Waals surface area (Å²) in [6.07, 6.45) is 0.754. The molecule has 0 amide bonds. The third kappa shape index (κ3) is 2.31. The first-order valence-corrected chi connectivity index (χ1v) is 5.36. The number of hydrogen-bond donors (Lipinski definition) is 2. The average Bonchev–Trinajstić information content (AvgIpc) is 2.24. The van der Waals surface area contributed by atoms with E-state index in [0.717, 1.165) is 25.1 Å². The maximum atomic E-state index is 10.8. The van der Waals surface area contributed by atoms with Crippen molar-refractivity contribution < 1.29 is 14.8 Å². The predicted molar refractivity (Wildman–Crippen MR) is 61.4 cm³/mol.